The highest BCUT2D eigenvalue weighted by atomic mass is 35.5. The van der Waals surface area contributed by atoms with Gasteiger partial charge in [-0.3, -0.25) is 4.79 Å². The van der Waals surface area contributed by atoms with Crippen molar-refractivity contribution in [3.8, 4) is 5.75 Å². The van der Waals surface area contributed by atoms with Crippen LogP contribution in [0.3, 0.4) is 0 Å². The van der Waals surface area contributed by atoms with Crippen LogP contribution in [0, 0.1) is 0 Å². The minimum Gasteiger partial charge on any atom is -0.492 e. The predicted octanol–water partition coefficient (Wildman–Crippen LogP) is 3.76. The van der Waals surface area contributed by atoms with E-state index >= 15 is 0 Å². The molecule has 2 N–H and O–H groups in total. The average Bonchev–Trinajstić information content (AvgIpc) is 3.31. The van der Waals surface area contributed by atoms with Crippen molar-refractivity contribution < 1.29 is 19.1 Å². The van der Waals surface area contributed by atoms with E-state index in [1.807, 2.05) is 33.8 Å². The highest BCUT2D eigenvalue weighted by molar-refractivity contribution is 6.31. The molecular formula is C19H27ClN2O4. The fourth-order valence-electron chi connectivity index (χ4n) is 2.54. The third kappa shape index (κ3) is 5.80. The summed E-state index contributed by atoms with van der Waals surface area (Å²) in [6, 6.07) is 5.40. The van der Waals surface area contributed by atoms with Gasteiger partial charge in [0.15, 0.2) is 0 Å². The van der Waals surface area contributed by atoms with Gasteiger partial charge in [0.25, 0.3) is 0 Å². The first-order valence-electron chi connectivity index (χ1n) is 8.86. The molecule has 0 atom stereocenters. The van der Waals surface area contributed by atoms with Gasteiger partial charge in [0.1, 0.15) is 18.0 Å². The van der Waals surface area contributed by atoms with E-state index in [2.05, 4.69) is 10.6 Å². The van der Waals surface area contributed by atoms with Crippen LogP contribution in [0.2, 0.25) is 5.02 Å². The highest BCUT2D eigenvalue weighted by Gasteiger charge is 2.46. The fourth-order valence-corrected chi connectivity index (χ4v) is 2.84. The third-order valence-electron chi connectivity index (χ3n) is 3.94. The summed E-state index contributed by atoms with van der Waals surface area (Å²) in [6.07, 6.45) is 1.69. The summed E-state index contributed by atoms with van der Waals surface area (Å²) in [5.41, 5.74) is -0.0332. The number of benzene rings is 1. The molecule has 6 nitrogen and oxygen atoms in total. The largest absolute Gasteiger partial charge is 0.492 e. The smallest absolute Gasteiger partial charge is 0.407 e. The number of carbonyl (C=O) groups is 2. The molecule has 1 aromatic carbocycles. The van der Waals surface area contributed by atoms with Crippen LogP contribution in [-0.4, -0.2) is 30.8 Å². The van der Waals surface area contributed by atoms with Gasteiger partial charge in [-0.2, -0.15) is 0 Å². The average molecular weight is 383 g/mol. The second-order valence-corrected chi connectivity index (χ2v) is 7.81. The minimum absolute atomic E-state index is 0.00597. The number of halogens is 1. The lowest BCUT2D eigenvalue weighted by Gasteiger charge is -2.20. The Morgan fingerprint density at radius 2 is 1.96 bits per heavy atom. The van der Waals surface area contributed by atoms with Gasteiger partial charge in [0.2, 0.25) is 5.91 Å². The molecule has 1 saturated carbocycles. The van der Waals surface area contributed by atoms with Crippen molar-refractivity contribution >= 4 is 23.6 Å². The number of alkyl carbamates (subject to hydrolysis) is 1. The molecule has 0 aliphatic heterocycles. The molecule has 0 spiro atoms. The summed E-state index contributed by atoms with van der Waals surface area (Å²) < 4.78 is 10.9. The molecule has 1 aliphatic rings. The van der Waals surface area contributed by atoms with Gasteiger partial charge in [-0.15, -0.1) is 0 Å². The normalized spacial score (nSPS) is 15.1. The van der Waals surface area contributed by atoms with E-state index in [0.29, 0.717) is 30.3 Å². The minimum atomic E-state index is -0.530. The molecule has 144 valence electrons. The van der Waals surface area contributed by atoms with Crippen LogP contribution in [0.1, 0.15) is 52.5 Å². The van der Waals surface area contributed by atoms with Crippen LogP contribution in [0.25, 0.3) is 0 Å². The maximum absolute atomic E-state index is 11.8. The number of amides is 2. The number of carbonyl (C=O) groups excluding carboxylic acids is 2. The van der Waals surface area contributed by atoms with Crippen molar-refractivity contribution in [2.45, 2.75) is 58.1 Å². The number of hydrogen-bond acceptors (Lipinski definition) is 4. The van der Waals surface area contributed by atoms with E-state index in [1.54, 1.807) is 12.1 Å². The lowest BCUT2D eigenvalue weighted by molar-refractivity contribution is -0.121. The molecule has 1 fully saturated rings. The molecule has 1 aromatic rings. The number of ether oxygens (including phenoxy) is 2. The summed E-state index contributed by atoms with van der Waals surface area (Å²) in [5.74, 6) is 0.652. The molecule has 7 heteroatoms. The Kier molecular flexibility index (Phi) is 6.39. The van der Waals surface area contributed by atoms with E-state index in [9.17, 15) is 9.59 Å². The Morgan fingerprint density at radius 1 is 1.27 bits per heavy atom. The van der Waals surface area contributed by atoms with Gasteiger partial charge < -0.3 is 20.1 Å². The molecule has 0 aromatic heterocycles. The van der Waals surface area contributed by atoms with Crippen molar-refractivity contribution in [2.75, 3.05) is 13.2 Å². The maximum atomic E-state index is 11.8. The Bertz CT molecular complexity index is 666. The number of rotatable bonds is 7. The molecule has 0 saturated heterocycles. The van der Waals surface area contributed by atoms with Crippen LogP contribution >= 0.6 is 11.6 Å². The molecule has 0 heterocycles. The Balaban J connectivity index is 1.90. The standard InChI is InChI=1S/C19H27ClN2O4/c1-5-16(23)22-19(8-9-19)14-12-13(6-7-15(14)20)25-11-10-21-17(24)26-18(2,3)4/h6-7,12H,5,8-11H2,1-4H3,(H,21,24)(H,22,23). The molecule has 0 bridgehead atoms. The lowest BCUT2D eigenvalue weighted by atomic mass is 10.0. The van der Waals surface area contributed by atoms with Crippen molar-refractivity contribution in [3.05, 3.63) is 28.8 Å². The molecule has 0 unspecified atom stereocenters. The number of nitrogens with one attached hydrogen (secondary N) is 2. The zero-order valence-electron chi connectivity index (χ0n) is 15.8. The van der Waals surface area contributed by atoms with Gasteiger partial charge in [-0.1, -0.05) is 18.5 Å². The molecule has 1 aliphatic carbocycles. The second kappa shape index (κ2) is 8.16. The summed E-state index contributed by atoms with van der Waals surface area (Å²) >= 11 is 6.33. The van der Waals surface area contributed by atoms with Crippen molar-refractivity contribution in [1.82, 2.24) is 10.6 Å². The highest BCUT2D eigenvalue weighted by Crippen LogP contribution is 2.49. The van der Waals surface area contributed by atoms with Crippen molar-refractivity contribution in [3.63, 3.8) is 0 Å². The van der Waals surface area contributed by atoms with Crippen LogP contribution in [0.5, 0.6) is 5.75 Å². The molecule has 0 radical (unpaired) electrons. The van der Waals surface area contributed by atoms with Crippen LogP contribution < -0.4 is 15.4 Å². The first kappa shape index (κ1) is 20.4. The van der Waals surface area contributed by atoms with E-state index in [1.165, 1.54) is 0 Å². The second-order valence-electron chi connectivity index (χ2n) is 7.40. The van der Waals surface area contributed by atoms with Gasteiger partial charge in [-0.25, -0.2) is 4.79 Å². The Morgan fingerprint density at radius 3 is 2.54 bits per heavy atom. The van der Waals surface area contributed by atoms with Crippen LogP contribution in [0.4, 0.5) is 4.79 Å². The van der Waals surface area contributed by atoms with Crippen LogP contribution in [-0.2, 0) is 15.1 Å². The fraction of sp³-hybridized carbons (Fsp3) is 0.579. The summed E-state index contributed by atoms with van der Waals surface area (Å²) in [5, 5.41) is 6.30. The zero-order valence-corrected chi connectivity index (χ0v) is 16.5. The summed E-state index contributed by atoms with van der Waals surface area (Å²) in [7, 11) is 0. The van der Waals surface area contributed by atoms with Gasteiger partial charge in [0, 0.05) is 11.4 Å². The van der Waals surface area contributed by atoms with Crippen molar-refractivity contribution in [2.24, 2.45) is 0 Å². The molecule has 26 heavy (non-hydrogen) atoms. The number of hydrogen-bond donors (Lipinski definition) is 2. The maximum Gasteiger partial charge on any atom is 0.407 e. The van der Waals surface area contributed by atoms with Gasteiger partial charge in [0.05, 0.1) is 12.1 Å². The first-order chi connectivity index (χ1) is 12.1. The van der Waals surface area contributed by atoms with Crippen molar-refractivity contribution in [1.29, 1.82) is 0 Å². The zero-order chi connectivity index (χ0) is 19.4. The Hall–Kier alpha value is -1.95. The predicted molar refractivity (Wildman–Crippen MR) is 101 cm³/mol. The lowest BCUT2D eigenvalue weighted by Crippen LogP contribution is -2.35. The van der Waals surface area contributed by atoms with Gasteiger partial charge in [-0.05, 0) is 57.4 Å². The molecule has 2 amide bonds. The Labute approximate surface area is 159 Å². The molecular weight excluding hydrogens is 356 g/mol. The third-order valence-corrected chi connectivity index (χ3v) is 4.27. The van der Waals surface area contributed by atoms with E-state index in [0.717, 1.165) is 18.4 Å². The van der Waals surface area contributed by atoms with E-state index in [4.69, 9.17) is 21.1 Å². The van der Waals surface area contributed by atoms with E-state index in [-0.39, 0.29) is 11.4 Å². The van der Waals surface area contributed by atoms with Crippen LogP contribution in [0.15, 0.2) is 18.2 Å². The molecule has 2 rings (SSSR count). The topological polar surface area (TPSA) is 76.7 Å². The SMILES string of the molecule is CCC(=O)NC1(c2cc(OCCNC(=O)OC(C)(C)C)ccc2Cl)CC1. The summed E-state index contributed by atoms with van der Waals surface area (Å²) in [4.78, 5) is 23.4. The summed E-state index contributed by atoms with van der Waals surface area (Å²) in [6.45, 7) is 7.87. The monoisotopic (exact) mass is 382 g/mol. The first-order valence-corrected chi connectivity index (χ1v) is 9.24. The van der Waals surface area contributed by atoms with Gasteiger partial charge >= 0.3 is 6.09 Å². The van der Waals surface area contributed by atoms with E-state index < -0.39 is 11.7 Å². The quantitative estimate of drug-likeness (QED) is 0.704.